The molecular formula is C41H49ClN4O6S. The van der Waals surface area contributed by atoms with Crippen molar-refractivity contribution in [3.05, 3.63) is 93.8 Å². The summed E-state index contributed by atoms with van der Waals surface area (Å²) in [5.41, 5.74) is 4.64. The predicted octanol–water partition coefficient (Wildman–Crippen LogP) is 7.12. The molecule has 1 N–H and O–H groups in total. The van der Waals surface area contributed by atoms with Gasteiger partial charge in [0.05, 0.1) is 42.4 Å². The van der Waals surface area contributed by atoms with E-state index in [4.69, 9.17) is 25.8 Å². The van der Waals surface area contributed by atoms with E-state index in [0.717, 1.165) is 61.6 Å². The number of nitrogens with zero attached hydrogens (tertiary/aromatic N) is 3. The minimum Gasteiger partial charge on any atom is -0.490 e. The van der Waals surface area contributed by atoms with Crippen LogP contribution in [-0.4, -0.2) is 65.4 Å². The zero-order valence-corrected chi connectivity index (χ0v) is 32.3. The number of benzene rings is 2. The lowest BCUT2D eigenvalue weighted by molar-refractivity contribution is 0.0131. The summed E-state index contributed by atoms with van der Waals surface area (Å²) in [5.74, 6) is 0.134. The Morgan fingerprint density at radius 2 is 2.00 bits per heavy atom. The van der Waals surface area contributed by atoms with Crippen molar-refractivity contribution in [2.24, 2.45) is 22.1 Å². The number of anilines is 1. The van der Waals surface area contributed by atoms with Crippen LogP contribution in [0.2, 0.25) is 5.02 Å². The molecule has 12 heteroatoms. The minimum atomic E-state index is -3.54. The van der Waals surface area contributed by atoms with Crippen LogP contribution < -0.4 is 14.4 Å². The zero-order valence-electron chi connectivity index (χ0n) is 30.7. The van der Waals surface area contributed by atoms with Crippen LogP contribution in [0.1, 0.15) is 83.5 Å². The summed E-state index contributed by atoms with van der Waals surface area (Å²) in [6.45, 7) is 6.96. The molecule has 1 saturated carbocycles. The highest BCUT2D eigenvalue weighted by Crippen LogP contribution is 2.47. The number of nitrogens with one attached hydrogen (secondary N) is 1. The number of ether oxygens (including phenoxy) is 3. The summed E-state index contributed by atoms with van der Waals surface area (Å²) in [4.78, 5) is 30.2. The van der Waals surface area contributed by atoms with Crippen LogP contribution >= 0.6 is 11.6 Å². The number of amides is 2. The fraction of sp³-hybridized carbons (Fsp3) is 0.512. The Hall–Kier alpha value is -3.64. The van der Waals surface area contributed by atoms with Crippen molar-refractivity contribution in [3.63, 3.8) is 0 Å². The summed E-state index contributed by atoms with van der Waals surface area (Å²) < 4.78 is 42.2. The number of halogens is 1. The van der Waals surface area contributed by atoms with Crippen molar-refractivity contribution in [1.29, 1.82) is 0 Å². The number of rotatable bonds is 3. The Kier molecular flexibility index (Phi) is 9.97. The summed E-state index contributed by atoms with van der Waals surface area (Å²) >= 11 is 6.47. The normalized spacial score (nSPS) is 31.8. The molecule has 7 atom stereocenters. The van der Waals surface area contributed by atoms with E-state index >= 15 is 0 Å². The average Bonchev–Trinajstić information content (AvgIpc) is 3.48. The molecule has 8 rings (SSSR count). The fourth-order valence-electron chi connectivity index (χ4n) is 9.10. The van der Waals surface area contributed by atoms with Crippen molar-refractivity contribution in [1.82, 2.24) is 9.29 Å². The summed E-state index contributed by atoms with van der Waals surface area (Å²) in [6.07, 6.45) is 11.7. The Bertz CT molecular complexity index is 2070. The number of carbonyl (C=O) groups is 2. The van der Waals surface area contributed by atoms with Crippen molar-refractivity contribution >= 4 is 39.0 Å². The summed E-state index contributed by atoms with van der Waals surface area (Å²) in [6, 6.07) is 13.4. The Morgan fingerprint density at radius 3 is 2.81 bits per heavy atom. The molecule has 4 heterocycles. The molecule has 3 aromatic rings. The third kappa shape index (κ3) is 7.30. The van der Waals surface area contributed by atoms with E-state index in [0.29, 0.717) is 54.9 Å². The fourth-order valence-corrected chi connectivity index (χ4v) is 11.2. The Morgan fingerprint density at radius 1 is 1.13 bits per heavy atom. The van der Waals surface area contributed by atoms with Gasteiger partial charge in [0.1, 0.15) is 15.7 Å². The monoisotopic (exact) mass is 760 g/mol. The molecule has 2 aliphatic carbocycles. The van der Waals surface area contributed by atoms with E-state index in [2.05, 4.69) is 38.3 Å². The second-order valence-corrected chi connectivity index (χ2v) is 18.3. The van der Waals surface area contributed by atoms with E-state index in [9.17, 15) is 13.8 Å². The van der Waals surface area contributed by atoms with Crippen molar-refractivity contribution in [2.45, 2.75) is 83.1 Å². The van der Waals surface area contributed by atoms with E-state index in [1.165, 1.54) is 11.1 Å². The zero-order chi connectivity index (χ0) is 36.9. The van der Waals surface area contributed by atoms with Gasteiger partial charge in [0.15, 0.2) is 0 Å². The molecule has 2 amide bonds. The Balaban J connectivity index is 1.18. The predicted molar refractivity (Wildman–Crippen MR) is 206 cm³/mol. The van der Waals surface area contributed by atoms with Gasteiger partial charge in [0.2, 0.25) is 0 Å². The first-order chi connectivity index (χ1) is 25.5. The molecule has 1 aromatic heterocycles. The van der Waals surface area contributed by atoms with E-state index in [1.807, 2.05) is 36.6 Å². The first-order valence-electron chi connectivity index (χ1n) is 18.9. The maximum absolute atomic E-state index is 14.7. The number of allylic oxidation sites excluding steroid dienone is 1. The average molecular weight is 761 g/mol. The lowest BCUT2D eigenvalue weighted by atomic mass is 9.68. The number of aromatic nitrogens is 1. The number of hydrogen-bond donors (Lipinski definition) is 1. The van der Waals surface area contributed by atoms with Gasteiger partial charge >= 0.3 is 0 Å². The highest BCUT2D eigenvalue weighted by molar-refractivity contribution is 7.92. The maximum atomic E-state index is 14.7. The SMILES string of the molecule is CO[C@H]1/C=C/C[C@H](C)C[S@@](=O)(NC(=O)c2cc3n(c2)C[C@H](C)OC3)=NC(=O)c2ccc3c(c2)N(C[C@@H]2CC[C@H]21)C[C@@]1(CCCc2cc(Cl)ccc21)CO3. The first-order valence-corrected chi connectivity index (χ1v) is 21.0. The molecule has 282 valence electrons. The van der Waals surface area contributed by atoms with Gasteiger partial charge < -0.3 is 23.7 Å². The van der Waals surface area contributed by atoms with E-state index in [-0.39, 0.29) is 29.3 Å². The van der Waals surface area contributed by atoms with Crippen LogP contribution in [0.5, 0.6) is 5.75 Å². The van der Waals surface area contributed by atoms with Gasteiger partial charge in [-0.3, -0.25) is 14.3 Å². The smallest absolute Gasteiger partial charge is 0.286 e. The first kappa shape index (κ1) is 36.3. The number of methoxy groups -OCH3 is 1. The van der Waals surface area contributed by atoms with Crippen molar-refractivity contribution in [2.75, 3.05) is 37.5 Å². The lowest BCUT2D eigenvalue weighted by Crippen LogP contribution is -2.49. The van der Waals surface area contributed by atoms with Gasteiger partial charge in [-0.15, -0.1) is 4.36 Å². The second kappa shape index (κ2) is 14.5. The Labute approximate surface area is 317 Å². The van der Waals surface area contributed by atoms with Crippen LogP contribution in [0, 0.1) is 17.8 Å². The van der Waals surface area contributed by atoms with E-state index < -0.39 is 21.7 Å². The van der Waals surface area contributed by atoms with E-state index in [1.54, 1.807) is 25.4 Å². The number of carbonyl (C=O) groups excluding carboxylic acids is 2. The van der Waals surface area contributed by atoms with Gasteiger partial charge in [0, 0.05) is 54.6 Å². The number of fused-ring (bicyclic) bond motifs is 5. The van der Waals surface area contributed by atoms with Gasteiger partial charge in [-0.25, -0.2) is 4.21 Å². The molecule has 1 spiro atoms. The lowest BCUT2D eigenvalue weighted by Gasteiger charge is -2.46. The number of hydrogen-bond acceptors (Lipinski definition) is 7. The van der Waals surface area contributed by atoms with Crippen LogP contribution in [-0.2, 0) is 44.4 Å². The van der Waals surface area contributed by atoms with Gasteiger partial charge in [-0.05, 0) is 111 Å². The minimum absolute atomic E-state index is 0.0123. The highest BCUT2D eigenvalue weighted by Gasteiger charge is 2.44. The summed E-state index contributed by atoms with van der Waals surface area (Å²) in [7, 11) is -1.77. The largest absolute Gasteiger partial charge is 0.490 e. The molecule has 1 fully saturated rings. The van der Waals surface area contributed by atoms with Crippen LogP contribution in [0.3, 0.4) is 0 Å². The molecule has 53 heavy (non-hydrogen) atoms. The topological polar surface area (TPSA) is 111 Å². The third-order valence-corrected chi connectivity index (χ3v) is 14.2. The molecule has 10 nitrogen and oxygen atoms in total. The molecular weight excluding hydrogens is 712 g/mol. The standard InChI is InChI=1S/C41H49ClN4O6S/c1-26-6-4-8-37(50-3)34-12-9-30(34)20-46-24-41(15-5-7-28-16-32(42)11-13-35(28)41)25-52-38-14-10-29(18-36(38)46)39(47)43-53(49,23-26)44-40(48)31-17-33-22-51-27(2)19-45(33)21-31/h4,8,10-11,13-14,16-18,21,26-27,30,34,37H,5-7,9,12,15,19-20,22-25H2,1-3H3,(H,43,44,47,48,49)/b8-4+/t26-,27-,30-,34+,37-,41-,53-/m0/s1. The second-order valence-electron chi connectivity index (χ2n) is 15.9. The maximum Gasteiger partial charge on any atom is 0.286 e. The molecule has 0 radical (unpaired) electrons. The van der Waals surface area contributed by atoms with Crippen molar-refractivity contribution in [3.8, 4) is 5.75 Å². The van der Waals surface area contributed by atoms with Crippen LogP contribution in [0.15, 0.2) is 65.2 Å². The molecule has 5 aliphatic rings. The quantitative estimate of drug-likeness (QED) is 0.283. The van der Waals surface area contributed by atoms with Crippen molar-refractivity contribution < 1.29 is 28.0 Å². The van der Waals surface area contributed by atoms with Crippen LogP contribution in [0.4, 0.5) is 5.69 Å². The molecule has 2 aromatic carbocycles. The number of aryl methyl sites for hydroxylation is 1. The molecule has 0 unspecified atom stereocenters. The van der Waals surface area contributed by atoms with Gasteiger partial charge in [-0.1, -0.05) is 36.7 Å². The molecule has 0 saturated heterocycles. The molecule has 3 aliphatic heterocycles. The van der Waals surface area contributed by atoms with Crippen LogP contribution in [0.25, 0.3) is 0 Å². The van der Waals surface area contributed by atoms with Gasteiger partial charge in [0.25, 0.3) is 11.8 Å². The highest BCUT2D eigenvalue weighted by atomic mass is 35.5. The summed E-state index contributed by atoms with van der Waals surface area (Å²) in [5, 5.41) is 0.741. The van der Waals surface area contributed by atoms with Gasteiger partial charge in [-0.2, -0.15) is 0 Å². The molecule has 2 bridgehead atoms. The third-order valence-electron chi connectivity index (χ3n) is 12.0.